The predicted molar refractivity (Wildman–Crippen MR) is 135 cm³/mol. The SMILES string of the molecule is CN(C)c1ccc(N2C(=O)c3cccc4c(-c5cccc(C(=O)O)c5)c([N+](=O)[O-])cc(c34)C2=O)cc1. The van der Waals surface area contributed by atoms with Gasteiger partial charge in [-0.2, -0.15) is 0 Å². The summed E-state index contributed by atoms with van der Waals surface area (Å²) in [6, 6.07) is 18.6. The molecule has 1 aliphatic rings. The highest BCUT2D eigenvalue weighted by molar-refractivity contribution is 6.37. The number of nitro groups is 1. The van der Waals surface area contributed by atoms with Crippen molar-refractivity contribution in [3.8, 4) is 11.1 Å². The zero-order valence-corrected chi connectivity index (χ0v) is 19.3. The fourth-order valence-electron chi connectivity index (χ4n) is 4.54. The van der Waals surface area contributed by atoms with E-state index in [2.05, 4.69) is 0 Å². The molecule has 0 fully saturated rings. The lowest BCUT2D eigenvalue weighted by Crippen LogP contribution is -2.40. The molecule has 0 atom stereocenters. The number of rotatable bonds is 5. The predicted octanol–water partition coefficient (Wildman–Crippen LogP) is 4.98. The van der Waals surface area contributed by atoms with Gasteiger partial charge in [0.15, 0.2) is 0 Å². The second-order valence-corrected chi connectivity index (χ2v) is 8.55. The minimum Gasteiger partial charge on any atom is -0.478 e. The molecule has 0 unspecified atom stereocenters. The number of carbonyl (C=O) groups is 3. The van der Waals surface area contributed by atoms with Gasteiger partial charge in [-0.15, -0.1) is 0 Å². The van der Waals surface area contributed by atoms with E-state index < -0.39 is 22.7 Å². The summed E-state index contributed by atoms with van der Waals surface area (Å²) in [4.78, 5) is 53.1. The highest BCUT2D eigenvalue weighted by Gasteiger charge is 2.37. The molecule has 0 bridgehead atoms. The van der Waals surface area contributed by atoms with E-state index in [1.54, 1.807) is 48.5 Å². The van der Waals surface area contributed by atoms with Gasteiger partial charge in [0, 0.05) is 36.8 Å². The number of carbonyl (C=O) groups excluding carboxylic acids is 2. The maximum Gasteiger partial charge on any atom is 0.335 e. The number of imide groups is 1. The molecule has 5 rings (SSSR count). The molecule has 9 nitrogen and oxygen atoms in total. The zero-order chi connectivity index (χ0) is 25.7. The molecule has 1 N–H and O–H groups in total. The Kier molecular flexibility index (Phi) is 5.25. The van der Waals surface area contributed by atoms with Gasteiger partial charge in [-0.3, -0.25) is 19.7 Å². The maximum atomic E-state index is 13.6. The van der Waals surface area contributed by atoms with Crippen molar-refractivity contribution in [1.29, 1.82) is 0 Å². The first kappa shape index (κ1) is 22.7. The van der Waals surface area contributed by atoms with Crippen LogP contribution in [0, 0.1) is 10.1 Å². The van der Waals surface area contributed by atoms with Gasteiger partial charge in [0.1, 0.15) is 0 Å². The minimum absolute atomic E-state index is 0.0294. The van der Waals surface area contributed by atoms with Crippen LogP contribution in [0.15, 0.2) is 72.8 Å². The number of hydrogen-bond acceptors (Lipinski definition) is 6. The summed E-state index contributed by atoms with van der Waals surface area (Å²) in [5.74, 6) is -2.39. The van der Waals surface area contributed by atoms with Crippen LogP contribution in [0.4, 0.5) is 17.1 Å². The largest absolute Gasteiger partial charge is 0.478 e. The molecule has 0 aromatic heterocycles. The summed E-state index contributed by atoms with van der Waals surface area (Å²) in [7, 11) is 3.73. The number of aromatic carboxylic acids is 1. The number of anilines is 2. The van der Waals surface area contributed by atoms with Gasteiger partial charge in [0.25, 0.3) is 17.5 Å². The van der Waals surface area contributed by atoms with E-state index in [9.17, 15) is 29.6 Å². The lowest BCUT2D eigenvalue weighted by atomic mass is 9.87. The maximum absolute atomic E-state index is 13.6. The third kappa shape index (κ3) is 3.45. The Morgan fingerprint density at radius 2 is 1.58 bits per heavy atom. The fraction of sp³-hybridized carbons (Fsp3) is 0.0741. The van der Waals surface area contributed by atoms with Crippen molar-refractivity contribution in [3.63, 3.8) is 0 Å². The zero-order valence-electron chi connectivity index (χ0n) is 19.3. The number of hydrogen-bond donors (Lipinski definition) is 1. The van der Waals surface area contributed by atoms with Crippen molar-refractivity contribution in [2.75, 3.05) is 23.9 Å². The summed E-state index contributed by atoms with van der Waals surface area (Å²) in [6.45, 7) is 0. The first-order valence-corrected chi connectivity index (χ1v) is 10.9. The van der Waals surface area contributed by atoms with Crippen molar-refractivity contribution < 1.29 is 24.4 Å². The van der Waals surface area contributed by atoms with Crippen LogP contribution >= 0.6 is 0 Å². The molecule has 4 aromatic rings. The first-order valence-electron chi connectivity index (χ1n) is 10.9. The van der Waals surface area contributed by atoms with Crippen molar-refractivity contribution in [2.45, 2.75) is 0 Å². The molecule has 1 heterocycles. The Labute approximate surface area is 204 Å². The molecule has 9 heteroatoms. The molecule has 2 amide bonds. The first-order chi connectivity index (χ1) is 17.2. The van der Waals surface area contributed by atoms with Crippen LogP contribution in [-0.4, -0.2) is 41.9 Å². The molecule has 4 aromatic carbocycles. The van der Waals surface area contributed by atoms with Crippen LogP contribution < -0.4 is 9.80 Å². The van der Waals surface area contributed by atoms with Crippen LogP contribution in [0.1, 0.15) is 31.1 Å². The Morgan fingerprint density at radius 3 is 2.22 bits per heavy atom. The average Bonchev–Trinajstić information content (AvgIpc) is 2.87. The van der Waals surface area contributed by atoms with E-state index in [0.717, 1.165) is 10.6 Å². The van der Waals surface area contributed by atoms with Gasteiger partial charge < -0.3 is 10.0 Å². The molecule has 0 saturated heterocycles. The van der Waals surface area contributed by atoms with Crippen LogP contribution in [0.5, 0.6) is 0 Å². The smallest absolute Gasteiger partial charge is 0.335 e. The normalized spacial score (nSPS) is 12.7. The van der Waals surface area contributed by atoms with Crippen molar-refractivity contribution in [1.82, 2.24) is 0 Å². The Hall–Kier alpha value is -5.05. The summed E-state index contributed by atoms with van der Waals surface area (Å²) in [5.41, 5.74) is 1.52. The second-order valence-electron chi connectivity index (χ2n) is 8.55. The summed E-state index contributed by atoms with van der Waals surface area (Å²) < 4.78 is 0. The minimum atomic E-state index is -1.18. The molecular weight excluding hydrogens is 462 g/mol. The highest BCUT2D eigenvalue weighted by atomic mass is 16.6. The molecule has 36 heavy (non-hydrogen) atoms. The van der Waals surface area contributed by atoms with Crippen LogP contribution in [0.25, 0.3) is 21.9 Å². The third-order valence-electron chi connectivity index (χ3n) is 6.23. The lowest BCUT2D eigenvalue weighted by molar-refractivity contribution is -0.384. The topological polar surface area (TPSA) is 121 Å². The van der Waals surface area contributed by atoms with E-state index in [-0.39, 0.29) is 27.9 Å². The van der Waals surface area contributed by atoms with Gasteiger partial charge in [0.05, 0.1) is 27.3 Å². The van der Waals surface area contributed by atoms with Crippen molar-refractivity contribution in [3.05, 3.63) is 99.6 Å². The monoisotopic (exact) mass is 481 g/mol. The Bertz CT molecular complexity index is 1610. The van der Waals surface area contributed by atoms with Crippen LogP contribution in [0.2, 0.25) is 0 Å². The summed E-state index contributed by atoms with van der Waals surface area (Å²) in [5, 5.41) is 22.2. The number of nitrogens with zero attached hydrogens (tertiary/aromatic N) is 3. The van der Waals surface area contributed by atoms with Crippen molar-refractivity contribution in [2.24, 2.45) is 0 Å². The molecular formula is C27H19N3O6. The number of benzene rings is 4. The van der Waals surface area contributed by atoms with Gasteiger partial charge >= 0.3 is 5.97 Å². The Morgan fingerprint density at radius 1 is 0.917 bits per heavy atom. The van der Waals surface area contributed by atoms with Crippen molar-refractivity contribution >= 4 is 45.6 Å². The van der Waals surface area contributed by atoms with Gasteiger partial charge in [-0.1, -0.05) is 24.3 Å². The molecule has 0 aliphatic carbocycles. The molecule has 0 radical (unpaired) electrons. The number of amides is 2. The number of carboxylic acid groups (broad SMARTS) is 1. The number of carboxylic acids is 1. The quantitative estimate of drug-likeness (QED) is 0.242. The summed E-state index contributed by atoms with van der Waals surface area (Å²) >= 11 is 0. The van der Waals surface area contributed by atoms with E-state index >= 15 is 0 Å². The van der Waals surface area contributed by atoms with Gasteiger partial charge in [-0.05, 0) is 53.4 Å². The standard InChI is InChI=1S/C27H19N3O6/c1-28(2)17-9-11-18(12-10-17)29-25(31)20-8-4-7-19-23(15-5-3-6-16(13-15)27(33)34)22(30(35)36)14-21(24(19)20)26(29)32/h3-14H,1-2H3,(H,33,34). The highest BCUT2D eigenvalue weighted by Crippen LogP contribution is 2.43. The summed E-state index contributed by atoms with van der Waals surface area (Å²) in [6.07, 6.45) is 0. The molecule has 1 aliphatic heterocycles. The second kappa shape index (κ2) is 8.31. The fourth-order valence-corrected chi connectivity index (χ4v) is 4.54. The third-order valence-corrected chi connectivity index (χ3v) is 6.23. The lowest BCUT2D eigenvalue weighted by Gasteiger charge is -2.28. The van der Waals surface area contributed by atoms with Crippen LogP contribution in [0.3, 0.4) is 0 Å². The molecule has 0 saturated carbocycles. The Balaban J connectivity index is 1.77. The average molecular weight is 481 g/mol. The van der Waals surface area contributed by atoms with E-state index in [1.165, 1.54) is 24.3 Å². The van der Waals surface area contributed by atoms with E-state index in [1.807, 2.05) is 19.0 Å². The van der Waals surface area contributed by atoms with E-state index in [4.69, 9.17) is 0 Å². The van der Waals surface area contributed by atoms with Gasteiger partial charge in [-0.25, -0.2) is 9.69 Å². The van der Waals surface area contributed by atoms with Crippen LogP contribution in [-0.2, 0) is 0 Å². The molecule has 178 valence electrons. The molecule has 0 spiro atoms. The van der Waals surface area contributed by atoms with Gasteiger partial charge in [0.2, 0.25) is 0 Å². The van der Waals surface area contributed by atoms with E-state index in [0.29, 0.717) is 22.0 Å². The number of nitro benzene ring substituents is 1.